The Kier molecular flexibility index (Phi) is 5.72. The zero-order valence-corrected chi connectivity index (χ0v) is 13.0. The van der Waals surface area contributed by atoms with Crippen LogP contribution in [0.2, 0.25) is 0 Å². The van der Waals surface area contributed by atoms with Gasteiger partial charge in [-0.2, -0.15) is 0 Å². The molecule has 1 heterocycles. The molecule has 0 atom stereocenters. The average molecular weight is 291 g/mol. The highest BCUT2D eigenvalue weighted by molar-refractivity contribution is 5.78. The topological polar surface area (TPSA) is 60.1 Å². The van der Waals surface area contributed by atoms with Gasteiger partial charge in [-0.25, -0.2) is 4.99 Å². The fraction of sp³-hybridized carbons (Fsp3) is 0.562. The molecule has 5 heteroatoms. The van der Waals surface area contributed by atoms with E-state index < -0.39 is 0 Å². The number of likely N-dealkylation sites (tertiary alicyclic amines) is 1. The molecule has 1 aliphatic rings. The molecular formula is C16H25N3O2. The number of ether oxygens (including phenoxy) is 2. The number of hydrogen-bond acceptors (Lipinski definition) is 3. The molecule has 0 spiro atoms. The SMILES string of the molecule is COc1ccc(CN=C(N)N2CCCCCC2)cc1OC. The summed E-state index contributed by atoms with van der Waals surface area (Å²) in [6.07, 6.45) is 4.98. The maximum atomic E-state index is 6.11. The number of benzene rings is 1. The van der Waals surface area contributed by atoms with E-state index in [1.807, 2.05) is 18.2 Å². The number of aliphatic imine (C=N–C) groups is 1. The maximum absolute atomic E-state index is 6.11. The first-order valence-electron chi connectivity index (χ1n) is 7.50. The lowest BCUT2D eigenvalue weighted by Crippen LogP contribution is -2.38. The van der Waals surface area contributed by atoms with E-state index in [1.165, 1.54) is 25.7 Å². The van der Waals surface area contributed by atoms with Crippen molar-refractivity contribution in [1.82, 2.24) is 4.90 Å². The van der Waals surface area contributed by atoms with Crippen molar-refractivity contribution in [2.75, 3.05) is 27.3 Å². The van der Waals surface area contributed by atoms with Crippen LogP contribution in [0.4, 0.5) is 0 Å². The van der Waals surface area contributed by atoms with Gasteiger partial charge in [0.1, 0.15) is 0 Å². The first-order valence-corrected chi connectivity index (χ1v) is 7.50. The second-order valence-electron chi connectivity index (χ2n) is 5.27. The van der Waals surface area contributed by atoms with E-state index in [0.29, 0.717) is 12.5 Å². The van der Waals surface area contributed by atoms with Crippen molar-refractivity contribution in [2.24, 2.45) is 10.7 Å². The van der Waals surface area contributed by atoms with Gasteiger partial charge in [-0.3, -0.25) is 0 Å². The Morgan fingerprint density at radius 3 is 2.38 bits per heavy atom. The minimum Gasteiger partial charge on any atom is -0.493 e. The second-order valence-corrected chi connectivity index (χ2v) is 5.27. The van der Waals surface area contributed by atoms with Gasteiger partial charge in [-0.05, 0) is 30.5 Å². The molecular weight excluding hydrogens is 266 g/mol. The Labute approximate surface area is 126 Å². The molecule has 1 aliphatic heterocycles. The van der Waals surface area contributed by atoms with Gasteiger partial charge in [0.25, 0.3) is 0 Å². The first kappa shape index (κ1) is 15.5. The van der Waals surface area contributed by atoms with Gasteiger partial charge >= 0.3 is 0 Å². The van der Waals surface area contributed by atoms with Gasteiger partial charge in [-0.1, -0.05) is 18.9 Å². The molecule has 0 aliphatic carbocycles. The van der Waals surface area contributed by atoms with Gasteiger partial charge in [0.2, 0.25) is 0 Å². The summed E-state index contributed by atoms with van der Waals surface area (Å²) in [6.45, 7) is 2.59. The van der Waals surface area contributed by atoms with Crippen molar-refractivity contribution in [3.8, 4) is 11.5 Å². The molecule has 21 heavy (non-hydrogen) atoms. The lowest BCUT2D eigenvalue weighted by Gasteiger charge is -2.21. The number of nitrogens with two attached hydrogens (primary N) is 1. The van der Waals surface area contributed by atoms with Crippen molar-refractivity contribution in [2.45, 2.75) is 32.2 Å². The van der Waals surface area contributed by atoms with E-state index in [9.17, 15) is 0 Å². The number of hydrogen-bond donors (Lipinski definition) is 1. The van der Waals surface area contributed by atoms with E-state index in [0.717, 1.165) is 30.2 Å². The smallest absolute Gasteiger partial charge is 0.191 e. The quantitative estimate of drug-likeness (QED) is 0.683. The van der Waals surface area contributed by atoms with Crippen molar-refractivity contribution < 1.29 is 9.47 Å². The zero-order chi connectivity index (χ0) is 15.1. The van der Waals surface area contributed by atoms with Crippen LogP contribution >= 0.6 is 0 Å². The lowest BCUT2D eigenvalue weighted by atomic mass is 10.2. The highest BCUT2D eigenvalue weighted by atomic mass is 16.5. The maximum Gasteiger partial charge on any atom is 0.191 e. The summed E-state index contributed by atoms with van der Waals surface area (Å²) in [5, 5.41) is 0. The molecule has 2 rings (SSSR count). The van der Waals surface area contributed by atoms with Gasteiger partial charge in [-0.15, -0.1) is 0 Å². The predicted octanol–water partition coefficient (Wildman–Crippen LogP) is 2.39. The number of methoxy groups -OCH3 is 2. The monoisotopic (exact) mass is 291 g/mol. The summed E-state index contributed by atoms with van der Waals surface area (Å²) in [4.78, 5) is 6.70. The molecule has 1 fully saturated rings. The largest absolute Gasteiger partial charge is 0.493 e. The van der Waals surface area contributed by atoms with Gasteiger partial charge in [0.05, 0.1) is 20.8 Å². The normalized spacial score (nSPS) is 16.5. The van der Waals surface area contributed by atoms with Gasteiger partial charge < -0.3 is 20.1 Å². The molecule has 0 unspecified atom stereocenters. The number of rotatable bonds is 4. The summed E-state index contributed by atoms with van der Waals surface area (Å²) >= 11 is 0. The third-order valence-electron chi connectivity index (χ3n) is 3.80. The molecule has 2 N–H and O–H groups in total. The Morgan fingerprint density at radius 1 is 1.10 bits per heavy atom. The van der Waals surface area contributed by atoms with Crippen LogP contribution in [0.1, 0.15) is 31.2 Å². The Bertz CT molecular complexity index is 480. The van der Waals surface area contributed by atoms with Gasteiger partial charge in [0, 0.05) is 13.1 Å². The summed E-state index contributed by atoms with van der Waals surface area (Å²) in [5.41, 5.74) is 7.17. The van der Waals surface area contributed by atoms with Crippen LogP contribution in [0.15, 0.2) is 23.2 Å². The molecule has 5 nitrogen and oxygen atoms in total. The average Bonchev–Trinajstić information content (AvgIpc) is 2.81. The van der Waals surface area contributed by atoms with Crippen molar-refractivity contribution in [3.05, 3.63) is 23.8 Å². The Hall–Kier alpha value is -1.91. The van der Waals surface area contributed by atoms with Crippen molar-refractivity contribution in [1.29, 1.82) is 0 Å². The minimum absolute atomic E-state index is 0.558. The molecule has 1 aromatic carbocycles. The Balaban J connectivity index is 2.01. The molecule has 0 aromatic heterocycles. The zero-order valence-electron chi connectivity index (χ0n) is 13.0. The Morgan fingerprint density at radius 2 is 1.76 bits per heavy atom. The van der Waals surface area contributed by atoms with Crippen molar-refractivity contribution in [3.63, 3.8) is 0 Å². The summed E-state index contributed by atoms with van der Waals surface area (Å²) in [7, 11) is 3.27. The molecule has 116 valence electrons. The van der Waals surface area contributed by atoms with Crippen LogP contribution in [0, 0.1) is 0 Å². The fourth-order valence-corrected chi connectivity index (χ4v) is 2.55. The first-order chi connectivity index (χ1) is 10.2. The molecule has 1 aromatic rings. The lowest BCUT2D eigenvalue weighted by molar-refractivity contribution is 0.354. The molecule has 0 radical (unpaired) electrons. The van der Waals surface area contributed by atoms with Crippen LogP contribution in [0.3, 0.4) is 0 Å². The molecule has 0 bridgehead atoms. The van der Waals surface area contributed by atoms with Crippen LogP contribution in [-0.4, -0.2) is 38.2 Å². The number of guanidine groups is 1. The van der Waals surface area contributed by atoms with Crippen molar-refractivity contribution >= 4 is 5.96 Å². The van der Waals surface area contributed by atoms with E-state index in [1.54, 1.807) is 14.2 Å². The van der Waals surface area contributed by atoms with Crippen LogP contribution < -0.4 is 15.2 Å². The van der Waals surface area contributed by atoms with Crippen LogP contribution in [0.25, 0.3) is 0 Å². The second kappa shape index (κ2) is 7.76. The summed E-state index contributed by atoms with van der Waals surface area (Å²) in [6, 6.07) is 5.82. The third-order valence-corrected chi connectivity index (χ3v) is 3.80. The van der Waals surface area contributed by atoms with E-state index in [2.05, 4.69) is 9.89 Å². The molecule has 1 saturated heterocycles. The summed E-state index contributed by atoms with van der Waals surface area (Å²) in [5.74, 6) is 2.09. The van der Waals surface area contributed by atoms with E-state index in [4.69, 9.17) is 15.2 Å². The fourth-order valence-electron chi connectivity index (χ4n) is 2.55. The highest BCUT2D eigenvalue weighted by Crippen LogP contribution is 2.27. The van der Waals surface area contributed by atoms with Crippen LogP contribution in [0.5, 0.6) is 11.5 Å². The standard InChI is InChI=1S/C16H25N3O2/c1-20-14-8-7-13(11-15(14)21-2)12-18-16(17)19-9-5-3-4-6-10-19/h7-8,11H,3-6,9-10,12H2,1-2H3,(H2,17,18). The summed E-state index contributed by atoms with van der Waals surface area (Å²) < 4.78 is 10.5. The highest BCUT2D eigenvalue weighted by Gasteiger charge is 2.11. The molecule has 0 amide bonds. The molecule has 0 saturated carbocycles. The van der Waals surface area contributed by atoms with Gasteiger partial charge in [0.15, 0.2) is 17.5 Å². The van der Waals surface area contributed by atoms with E-state index >= 15 is 0 Å². The minimum atomic E-state index is 0.558. The third kappa shape index (κ3) is 4.28. The predicted molar refractivity (Wildman–Crippen MR) is 84.9 cm³/mol. The number of nitrogens with zero attached hydrogens (tertiary/aromatic N) is 2. The van der Waals surface area contributed by atoms with E-state index in [-0.39, 0.29) is 0 Å². The van der Waals surface area contributed by atoms with Crippen LogP contribution in [-0.2, 0) is 6.54 Å².